The molecule has 2 rings (SSSR count). The Hall–Kier alpha value is -0.120. The normalized spacial score (nSPS) is 32.4. The molecule has 2 atom stereocenters. The van der Waals surface area contributed by atoms with Crippen LogP contribution in [0, 0.1) is 5.92 Å². The number of morpholine rings is 1. The third-order valence-corrected chi connectivity index (χ3v) is 3.50. The number of nitrogens with zero attached hydrogens (tertiary/aromatic N) is 1. The van der Waals surface area contributed by atoms with Crippen molar-refractivity contribution in [3.63, 3.8) is 0 Å². The molecule has 2 heterocycles. The minimum absolute atomic E-state index is 0.00184. The number of ether oxygens (including phenoxy) is 2. The second kappa shape index (κ2) is 5.03. The molecule has 2 unspecified atom stereocenters. The number of piperidine rings is 1. The second-order valence-electron chi connectivity index (χ2n) is 6.09. The summed E-state index contributed by atoms with van der Waals surface area (Å²) in [6, 6.07) is 0.680. The molecule has 0 radical (unpaired) electrons. The van der Waals surface area contributed by atoms with Crippen molar-refractivity contribution < 1.29 is 9.47 Å². The molecular formula is C13H25NO2. The van der Waals surface area contributed by atoms with E-state index in [2.05, 4.69) is 25.7 Å². The Morgan fingerprint density at radius 3 is 2.88 bits per heavy atom. The van der Waals surface area contributed by atoms with Gasteiger partial charge in [0.1, 0.15) is 0 Å². The summed E-state index contributed by atoms with van der Waals surface area (Å²) in [4.78, 5) is 2.59. The van der Waals surface area contributed by atoms with Gasteiger partial charge >= 0.3 is 0 Å². The average Bonchev–Trinajstić information content (AvgIpc) is 2.25. The van der Waals surface area contributed by atoms with Crippen molar-refractivity contribution in [2.75, 3.05) is 32.9 Å². The van der Waals surface area contributed by atoms with E-state index >= 15 is 0 Å². The summed E-state index contributed by atoms with van der Waals surface area (Å²) in [7, 11) is 0. The molecule has 94 valence electrons. The molecule has 2 aliphatic heterocycles. The van der Waals surface area contributed by atoms with Crippen molar-refractivity contribution in [3.8, 4) is 0 Å². The highest BCUT2D eigenvalue weighted by atomic mass is 16.5. The van der Waals surface area contributed by atoms with Gasteiger partial charge in [-0.05, 0) is 39.5 Å². The first-order valence-corrected chi connectivity index (χ1v) is 6.50. The zero-order valence-electron chi connectivity index (χ0n) is 10.9. The van der Waals surface area contributed by atoms with Gasteiger partial charge in [-0.3, -0.25) is 4.90 Å². The standard InChI is InChI=1S/C13H25NO2/c1-13(2,3)16-9-11-4-5-12-10-15-7-6-14(12)8-11/h11-12H,4-10H2,1-3H3. The monoisotopic (exact) mass is 227 g/mol. The lowest BCUT2D eigenvalue weighted by Crippen LogP contribution is -2.51. The molecule has 16 heavy (non-hydrogen) atoms. The SMILES string of the molecule is CC(C)(C)OCC1CCC2COCCN2C1. The van der Waals surface area contributed by atoms with Crippen molar-refractivity contribution in [1.82, 2.24) is 4.90 Å². The molecule has 0 saturated carbocycles. The molecule has 0 aromatic carbocycles. The van der Waals surface area contributed by atoms with Crippen LogP contribution in [0.1, 0.15) is 33.6 Å². The maximum absolute atomic E-state index is 5.89. The largest absolute Gasteiger partial charge is 0.378 e. The number of hydrogen-bond donors (Lipinski definition) is 0. The van der Waals surface area contributed by atoms with Crippen LogP contribution in [-0.2, 0) is 9.47 Å². The van der Waals surface area contributed by atoms with Crippen molar-refractivity contribution in [2.24, 2.45) is 5.92 Å². The van der Waals surface area contributed by atoms with Gasteiger partial charge in [0.25, 0.3) is 0 Å². The average molecular weight is 227 g/mol. The van der Waals surface area contributed by atoms with Crippen molar-refractivity contribution in [3.05, 3.63) is 0 Å². The van der Waals surface area contributed by atoms with E-state index in [1.807, 2.05) is 0 Å². The molecule has 0 amide bonds. The highest BCUT2D eigenvalue weighted by molar-refractivity contribution is 4.83. The molecule has 0 bridgehead atoms. The van der Waals surface area contributed by atoms with Crippen LogP contribution in [-0.4, -0.2) is 49.5 Å². The van der Waals surface area contributed by atoms with Crippen molar-refractivity contribution >= 4 is 0 Å². The van der Waals surface area contributed by atoms with E-state index in [1.165, 1.54) is 19.4 Å². The molecule has 0 aromatic rings. The highest BCUT2D eigenvalue weighted by Crippen LogP contribution is 2.25. The maximum atomic E-state index is 5.89. The molecular weight excluding hydrogens is 202 g/mol. The highest BCUT2D eigenvalue weighted by Gasteiger charge is 2.31. The number of hydrogen-bond acceptors (Lipinski definition) is 3. The van der Waals surface area contributed by atoms with Gasteiger partial charge in [0.15, 0.2) is 0 Å². The van der Waals surface area contributed by atoms with Gasteiger partial charge in [-0.2, -0.15) is 0 Å². The second-order valence-corrected chi connectivity index (χ2v) is 6.09. The Bertz CT molecular complexity index is 224. The van der Waals surface area contributed by atoms with E-state index in [4.69, 9.17) is 9.47 Å². The van der Waals surface area contributed by atoms with Crippen LogP contribution in [0.4, 0.5) is 0 Å². The van der Waals surface area contributed by atoms with Crippen molar-refractivity contribution in [1.29, 1.82) is 0 Å². The fraction of sp³-hybridized carbons (Fsp3) is 1.00. The number of rotatable bonds is 2. The Labute approximate surface area is 99.1 Å². The van der Waals surface area contributed by atoms with Crippen molar-refractivity contribution in [2.45, 2.75) is 45.3 Å². The lowest BCUT2D eigenvalue weighted by atomic mass is 9.93. The summed E-state index contributed by atoms with van der Waals surface area (Å²) >= 11 is 0. The Morgan fingerprint density at radius 2 is 2.12 bits per heavy atom. The van der Waals surface area contributed by atoms with Crippen LogP contribution >= 0.6 is 0 Å². The summed E-state index contributed by atoms with van der Waals surface area (Å²) in [5.41, 5.74) is 0.00184. The van der Waals surface area contributed by atoms with Gasteiger partial charge in [0.2, 0.25) is 0 Å². The molecule has 0 N–H and O–H groups in total. The predicted octanol–water partition coefficient (Wildman–Crippen LogP) is 1.91. The van der Waals surface area contributed by atoms with Crippen LogP contribution in [0.25, 0.3) is 0 Å². The molecule has 0 aliphatic carbocycles. The van der Waals surface area contributed by atoms with Gasteiger partial charge in [0, 0.05) is 19.1 Å². The zero-order chi connectivity index (χ0) is 11.6. The minimum atomic E-state index is 0.00184. The molecule has 2 saturated heterocycles. The van der Waals surface area contributed by atoms with Crippen LogP contribution < -0.4 is 0 Å². The quantitative estimate of drug-likeness (QED) is 0.719. The van der Waals surface area contributed by atoms with Gasteiger partial charge in [-0.25, -0.2) is 0 Å². The summed E-state index contributed by atoms with van der Waals surface area (Å²) in [6.45, 7) is 11.5. The third kappa shape index (κ3) is 3.44. The first-order chi connectivity index (χ1) is 7.54. The van der Waals surface area contributed by atoms with E-state index in [0.29, 0.717) is 12.0 Å². The Kier molecular flexibility index (Phi) is 3.88. The van der Waals surface area contributed by atoms with Gasteiger partial charge in [0.05, 0.1) is 25.4 Å². The van der Waals surface area contributed by atoms with E-state index in [1.54, 1.807) is 0 Å². The Morgan fingerprint density at radius 1 is 1.31 bits per heavy atom. The van der Waals surface area contributed by atoms with E-state index in [9.17, 15) is 0 Å². The topological polar surface area (TPSA) is 21.7 Å². The third-order valence-electron chi connectivity index (χ3n) is 3.50. The van der Waals surface area contributed by atoms with Crippen LogP contribution in [0.15, 0.2) is 0 Å². The predicted molar refractivity (Wildman–Crippen MR) is 64.6 cm³/mol. The molecule has 3 nitrogen and oxygen atoms in total. The van der Waals surface area contributed by atoms with Gasteiger partial charge < -0.3 is 9.47 Å². The van der Waals surface area contributed by atoms with Crippen LogP contribution in [0.3, 0.4) is 0 Å². The molecule has 3 heteroatoms. The fourth-order valence-corrected chi connectivity index (χ4v) is 2.55. The minimum Gasteiger partial charge on any atom is -0.378 e. The number of fused-ring (bicyclic) bond motifs is 1. The molecule has 2 fully saturated rings. The summed E-state index contributed by atoms with van der Waals surface area (Å²) < 4.78 is 11.4. The molecule has 0 spiro atoms. The van der Waals surface area contributed by atoms with E-state index < -0.39 is 0 Å². The smallest absolute Gasteiger partial charge is 0.0622 e. The maximum Gasteiger partial charge on any atom is 0.0622 e. The van der Waals surface area contributed by atoms with Crippen LogP contribution in [0.5, 0.6) is 0 Å². The lowest BCUT2D eigenvalue weighted by molar-refractivity contribution is -0.0698. The summed E-state index contributed by atoms with van der Waals surface area (Å²) in [6.07, 6.45) is 2.57. The van der Waals surface area contributed by atoms with Crippen LogP contribution in [0.2, 0.25) is 0 Å². The molecule has 0 aromatic heterocycles. The van der Waals surface area contributed by atoms with E-state index in [-0.39, 0.29) is 5.60 Å². The zero-order valence-corrected chi connectivity index (χ0v) is 10.9. The Balaban J connectivity index is 1.77. The lowest BCUT2D eigenvalue weighted by Gasteiger charge is -2.42. The molecule has 2 aliphatic rings. The summed E-state index contributed by atoms with van der Waals surface area (Å²) in [5, 5.41) is 0. The first-order valence-electron chi connectivity index (χ1n) is 6.50. The fourth-order valence-electron chi connectivity index (χ4n) is 2.55. The first kappa shape index (κ1) is 12.3. The summed E-state index contributed by atoms with van der Waals surface area (Å²) in [5.74, 6) is 0.716. The van der Waals surface area contributed by atoms with E-state index in [0.717, 1.165) is 26.4 Å². The van der Waals surface area contributed by atoms with Gasteiger partial charge in [-0.15, -0.1) is 0 Å². The van der Waals surface area contributed by atoms with Gasteiger partial charge in [-0.1, -0.05) is 0 Å².